The van der Waals surface area contributed by atoms with Crippen molar-refractivity contribution >= 4 is 68.0 Å². The molecule has 0 saturated heterocycles. The van der Waals surface area contributed by atoms with Gasteiger partial charge >= 0.3 is 16.5 Å². The molecule has 0 amide bonds. The van der Waals surface area contributed by atoms with Crippen molar-refractivity contribution < 1.29 is 16.5 Å². The summed E-state index contributed by atoms with van der Waals surface area (Å²) in [6.07, 6.45) is 7.26. The van der Waals surface area contributed by atoms with Crippen molar-refractivity contribution in [2.75, 3.05) is 12.5 Å². The molecular formula is C18H22N6NiS4+2. The third-order valence-electron chi connectivity index (χ3n) is 3.01. The number of hydrogen-bond donors (Lipinski definition) is 0. The first kappa shape index (κ1) is 27.6. The van der Waals surface area contributed by atoms with Crippen LogP contribution in [-0.4, -0.2) is 42.5 Å². The summed E-state index contributed by atoms with van der Waals surface area (Å²) >= 11 is 11.1. The summed E-state index contributed by atoms with van der Waals surface area (Å²) in [4.78, 5) is 8.30. The fourth-order valence-corrected chi connectivity index (χ4v) is 1.91. The first-order chi connectivity index (χ1) is 13.5. The van der Waals surface area contributed by atoms with Crippen LogP contribution in [0, 0.1) is 0 Å². The van der Waals surface area contributed by atoms with E-state index >= 15 is 0 Å². The van der Waals surface area contributed by atoms with E-state index in [1.807, 2.05) is 62.8 Å². The molecule has 2 heterocycles. The number of nitrogens with zero attached hydrogens (tertiary/aromatic N) is 6. The zero-order valence-corrected chi connectivity index (χ0v) is 20.7. The van der Waals surface area contributed by atoms with Crippen LogP contribution in [0.3, 0.4) is 0 Å². The number of thioether (sulfide) groups is 2. The smallest absolute Gasteiger partial charge is 0.519 e. The van der Waals surface area contributed by atoms with E-state index in [1.165, 1.54) is 23.5 Å². The molecule has 2 aromatic rings. The van der Waals surface area contributed by atoms with E-state index in [-0.39, 0.29) is 16.5 Å². The van der Waals surface area contributed by atoms with Crippen molar-refractivity contribution in [2.24, 2.45) is 10.2 Å². The molecule has 0 N–H and O–H groups in total. The second-order valence-corrected chi connectivity index (χ2v) is 8.02. The summed E-state index contributed by atoms with van der Waals surface area (Å²) in [6, 6.07) is 11.4. The Bertz CT molecular complexity index is 746. The van der Waals surface area contributed by atoms with Crippen LogP contribution in [0.5, 0.6) is 0 Å². The quantitative estimate of drug-likeness (QED) is 0.157. The number of hydrogen-bond acceptors (Lipinski definition) is 6. The van der Waals surface area contributed by atoms with Crippen molar-refractivity contribution in [3.8, 4) is 0 Å². The second kappa shape index (κ2) is 16.4. The van der Waals surface area contributed by atoms with E-state index in [9.17, 15) is 0 Å². The first-order valence-corrected chi connectivity index (χ1v) is 11.4. The molecule has 0 aliphatic heterocycles. The van der Waals surface area contributed by atoms with Gasteiger partial charge in [-0.3, -0.25) is 9.97 Å². The van der Waals surface area contributed by atoms with Crippen LogP contribution in [0.25, 0.3) is 10.9 Å². The summed E-state index contributed by atoms with van der Waals surface area (Å²) in [5.74, 6) is 0. The Balaban J connectivity index is 0.000000523. The Morgan fingerprint density at radius 3 is 1.45 bits per heavy atom. The van der Waals surface area contributed by atoms with Gasteiger partial charge in [0.15, 0.2) is 33.1 Å². The van der Waals surface area contributed by atoms with Crippen molar-refractivity contribution in [3.05, 3.63) is 71.0 Å². The summed E-state index contributed by atoms with van der Waals surface area (Å²) in [5.41, 5.74) is 11.1. The van der Waals surface area contributed by atoms with E-state index in [0.29, 0.717) is 8.64 Å². The molecular weight excluding hydrogens is 487 g/mol. The number of rotatable bonds is 4. The number of aromatic nitrogens is 2. The van der Waals surface area contributed by atoms with Crippen LogP contribution < -0.4 is 0 Å². The third kappa shape index (κ3) is 12.0. The molecule has 2 aromatic heterocycles. The monoisotopic (exact) mass is 508 g/mol. The normalized spacial score (nSPS) is 10.8. The van der Waals surface area contributed by atoms with E-state index in [1.54, 1.807) is 12.4 Å². The topological polar surface area (TPSA) is 78.7 Å². The fraction of sp³-hybridized carbons (Fsp3) is 0.222. The minimum Gasteiger partial charge on any atom is -0.519 e. The molecule has 6 nitrogen and oxygen atoms in total. The van der Waals surface area contributed by atoms with Crippen LogP contribution in [-0.2, 0) is 40.9 Å². The standard InChI is InChI=1S/2C9H11N3S2.Ni/c2*1-7(11-12-9(13)14-2)8-5-3-4-6-10-8;/h2*3-6H,1-2H3,(H,10,12,13);/q;;+2. The number of thiol groups is 2. The van der Waals surface area contributed by atoms with Crippen molar-refractivity contribution in [2.45, 2.75) is 13.8 Å². The van der Waals surface area contributed by atoms with Crippen LogP contribution >= 0.6 is 23.5 Å². The van der Waals surface area contributed by atoms with E-state index in [0.717, 1.165) is 22.8 Å². The molecule has 0 unspecified atom stereocenters. The van der Waals surface area contributed by atoms with Crippen LogP contribution in [0.15, 0.2) is 59.0 Å². The Hall–Kier alpha value is -1.39. The molecule has 0 bridgehead atoms. The van der Waals surface area contributed by atoms with Gasteiger partial charge in [0.25, 0.3) is 0 Å². The van der Waals surface area contributed by atoms with Gasteiger partial charge in [-0.25, -0.2) is 0 Å². The molecule has 0 aliphatic rings. The first-order valence-electron chi connectivity index (χ1n) is 8.01. The van der Waals surface area contributed by atoms with Crippen molar-refractivity contribution in [3.63, 3.8) is 0 Å². The van der Waals surface area contributed by atoms with Gasteiger partial charge < -0.3 is 21.1 Å². The molecule has 0 fully saturated rings. The fourth-order valence-electron chi connectivity index (χ4n) is 1.57. The van der Waals surface area contributed by atoms with Crippen LogP contribution in [0.2, 0.25) is 0 Å². The van der Waals surface area contributed by atoms with Crippen molar-refractivity contribution in [1.82, 2.24) is 9.97 Å². The van der Waals surface area contributed by atoms with Gasteiger partial charge in [-0.2, -0.15) is 0 Å². The van der Waals surface area contributed by atoms with E-state index in [2.05, 4.69) is 55.5 Å². The maximum atomic E-state index is 4.15. The molecule has 0 atom stereocenters. The average Bonchev–Trinajstić information content (AvgIpc) is 2.76. The SMILES string of the molecule is CSC(=[SH+])[N-]N=C(C)c1ccccn1.CSC(=[SH+])[N-]N=C(C)c1ccccn1.[Ni+2]. The number of pyridine rings is 2. The van der Waals surface area contributed by atoms with E-state index < -0.39 is 0 Å². The summed E-state index contributed by atoms with van der Waals surface area (Å²) in [5, 5.41) is 8.02. The van der Waals surface area contributed by atoms with Gasteiger partial charge in [0.05, 0.1) is 11.4 Å². The Kier molecular flexibility index (Phi) is 15.6. The molecule has 0 aromatic carbocycles. The minimum absolute atomic E-state index is 0. The largest absolute Gasteiger partial charge is 2.00 e. The zero-order valence-electron chi connectivity index (χ0n) is 16.3. The molecule has 0 saturated carbocycles. The Labute approximate surface area is 201 Å². The zero-order chi connectivity index (χ0) is 20.8. The van der Waals surface area contributed by atoms with Gasteiger partial charge in [0, 0.05) is 23.8 Å². The molecule has 0 aliphatic carbocycles. The predicted molar refractivity (Wildman–Crippen MR) is 134 cm³/mol. The summed E-state index contributed by atoms with van der Waals surface area (Å²) in [6.45, 7) is 3.74. The van der Waals surface area contributed by atoms with Crippen molar-refractivity contribution in [1.29, 1.82) is 0 Å². The van der Waals surface area contributed by atoms with Gasteiger partial charge in [0.1, 0.15) is 0 Å². The summed E-state index contributed by atoms with van der Waals surface area (Å²) < 4.78 is 1.28. The molecule has 2 rings (SSSR count). The van der Waals surface area contributed by atoms with Gasteiger partial charge in [-0.05, 0) is 50.6 Å². The average molecular weight is 509 g/mol. The molecule has 11 heteroatoms. The van der Waals surface area contributed by atoms with Crippen LogP contribution in [0.4, 0.5) is 0 Å². The maximum absolute atomic E-state index is 4.15. The van der Waals surface area contributed by atoms with Crippen LogP contribution in [0.1, 0.15) is 25.2 Å². The predicted octanol–water partition coefficient (Wildman–Crippen LogP) is 3.82. The molecule has 0 radical (unpaired) electrons. The summed E-state index contributed by atoms with van der Waals surface area (Å²) in [7, 11) is 0. The van der Waals surface area contributed by atoms with Gasteiger partial charge in [-0.15, -0.1) is 0 Å². The minimum atomic E-state index is 0. The molecule has 0 spiro atoms. The van der Waals surface area contributed by atoms with Gasteiger partial charge in [-0.1, -0.05) is 35.7 Å². The molecule has 156 valence electrons. The maximum Gasteiger partial charge on any atom is 2.00 e. The van der Waals surface area contributed by atoms with Gasteiger partial charge in [0.2, 0.25) is 0 Å². The Morgan fingerprint density at radius 2 is 1.17 bits per heavy atom. The third-order valence-corrected chi connectivity index (χ3v) is 5.18. The Morgan fingerprint density at radius 1 is 0.793 bits per heavy atom. The second-order valence-electron chi connectivity index (χ2n) is 4.97. The van der Waals surface area contributed by atoms with E-state index in [4.69, 9.17) is 0 Å². The molecule has 29 heavy (non-hydrogen) atoms.